The smallest absolute Gasteiger partial charge is 0.129 e. The summed E-state index contributed by atoms with van der Waals surface area (Å²) >= 11 is 0. The van der Waals surface area contributed by atoms with Gasteiger partial charge >= 0.3 is 0 Å². The summed E-state index contributed by atoms with van der Waals surface area (Å²) in [6.07, 6.45) is 3.45. The molecule has 0 aliphatic carbocycles. The Hall–Kier alpha value is -2.81. The standard InChI is InChI=1S/C19H18N2O/c1-14-6-5-7-16(10-14)15(2)12-22-19-9-4-3-8-17(19)18-11-20-13-21-18/h3-11,13H,2,12H2,1H3,(H,20,21). The van der Waals surface area contributed by atoms with Crippen LogP contribution in [0.1, 0.15) is 11.1 Å². The van der Waals surface area contributed by atoms with E-state index in [1.54, 1.807) is 12.5 Å². The van der Waals surface area contributed by atoms with Crippen LogP contribution in [0.25, 0.3) is 16.8 Å². The molecule has 0 aliphatic rings. The molecule has 0 amide bonds. The number of hydrogen-bond donors (Lipinski definition) is 1. The monoisotopic (exact) mass is 290 g/mol. The molecule has 3 heteroatoms. The average Bonchev–Trinajstić information content (AvgIpc) is 3.07. The van der Waals surface area contributed by atoms with Crippen molar-refractivity contribution in [2.24, 2.45) is 0 Å². The molecule has 2 aromatic carbocycles. The van der Waals surface area contributed by atoms with Crippen molar-refractivity contribution in [3.63, 3.8) is 0 Å². The summed E-state index contributed by atoms with van der Waals surface area (Å²) in [5.74, 6) is 0.820. The molecule has 3 rings (SSSR count). The molecule has 1 heterocycles. The zero-order chi connectivity index (χ0) is 15.4. The molecule has 3 nitrogen and oxygen atoms in total. The number of H-pyrrole nitrogens is 1. The number of benzene rings is 2. The number of rotatable bonds is 5. The van der Waals surface area contributed by atoms with Crippen LogP contribution in [0, 0.1) is 6.92 Å². The van der Waals surface area contributed by atoms with Crippen molar-refractivity contribution >= 4 is 5.57 Å². The normalized spacial score (nSPS) is 10.4. The molecule has 110 valence electrons. The summed E-state index contributed by atoms with van der Waals surface area (Å²) in [4.78, 5) is 7.17. The van der Waals surface area contributed by atoms with E-state index >= 15 is 0 Å². The third-order valence-electron chi connectivity index (χ3n) is 3.50. The maximum atomic E-state index is 5.97. The number of para-hydroxylation sites is 1. The van der Waals surface area contributed by atoms with Gasteiger partial charge in [0.1, 0.15) is 12.4 Å². The molecule has 1 aromatic heterocycles. The molecular weight excluding hydrogens is 272 g/mol. The second-order valence-electron chi connectivity index (χ2n) is 5.22. The van der Waals surface area contributed by atoms with Gasteiger partial charge in [-0.2, -0.15) is 0 Å². The van der Waals surface area contributed by atoms with Crippen LogP contribution in [0.2, 0.25) is 0 Å². The van der Waals surface area contributed by atoms with E-state index in [9.17, 15) is 0 Å². The maximum absolute atomic E-state index is 5.97. The van der Waals surface area contributed by atoms with E-state index in [0.717, 1.165) is 28.1 Å². The van der Waals surface area contributed by atoms with Crippen molar-refractivity contribution in [1.82, 2.24) is 9.97 Å². The topological polar surface area (TPSA) is 37.9 Å². The second-order valence-corrected chi connectivity index (χ2v) is 5.22. The number of nitrogens with one attached hydrogen (secondary N) is 1. The van der Waals surface area contributed by atoms with Crippen molar-refractivity contribution in [1.29, 1.82) is 0 Å². The Morgan fingerprint density at radius 2 is 2.05 bits per heavy atom. The van der Waals surface area contributed by atoms with E-state index in [0.29, 0.717) is 6.61 Å². The van der Waals surface area contributed by atoms with Crippen molar-refractivity contribution in [2.45, 2.75) is 6.92 Å². The Kier molecular flexibility index (Phi) is 4.05. The van der Waals surface area contributed by atoms with E-state index in [1.807, 2.05) is 30.3 Å². The van der Waals surface area contributed by atoms with E-state index < -0.39 is 0 Å². The van der Waals surface area contributed by atoms with Crippen LogP contribution in [-0.4, -0.2) is 16.6 Å². The second kappa shape index (κ2) is 6.31. The van der Waals surface area contributed by atoms with E-state index in [1.165, 1.54) is 5.56 Å². The fourth-order valence-electron chi connectivity index (χ4n) is 2.33. The number of nitrogens with zero attached hydrogens (tertiary/aromatic N) is 1. The van der Waals surface area contributed by atoms with Crippen LogP contribution < -0.4 is 4.74 Å². The zero-order valence-electron chi connectivity index (χ0n) is 12.5. The van der Waals surface area contributed by atoms with Gasteiger partial charge in [-0.3, -0.25) is 0 Å². The predicted octanol–water partition coefficient (Wildman–Crippen LogP) is 4.48. The van der Waals surface area contributed by atoms with Crippen LogP contribution >= 0.6 is 0 Å². The molecule has 0 saturated carbocycles. The molecule has 0 bridgehead atoms. The fourth-order valence-corrected chi connectivity index (χ4v) is 2.33. The first-order valence-corrected chi connectivity index (χ1v) is 7.19. The van der Waals surface area contributed by atoms with Gasteiger partial charge in [-0.1, -0.05) is 48.5 Å². The first-order chi connectivity index (χ1) is 10.7. The number of hydrogen-bond acceptors (Lipinski definition) is 2. The Bertz CT molecular complexity index is 776. The highest BCUT2D eigenvalue weighted by molar-refractivity contribution is 5.68. The molecule has 0 radical (unpaired) electrons. The van der Waals surface area contributed by atoms with E-state index in [4.69, 9.17) is 4.74 Å². The highest BCUT2D eigenvalue weighted by Crippen LogP contribution is 2.28. The van der Waals surface area contributed by atoms with Gasteiger partial charge in [0, 0.05) is 5.56 Å². The van der Waals surface area contributed by atoms with Gasteiger partial charge in [0.2, 0.25) is 0 Å². The molecule has 22 heavy (non-hydrogen) atoms. The quantitative estimate of drug-likeness (QED) is 0.752. The first kappa shape index (κ1) is 14.1. The Balaban J connectivity index is 1.76. The minimum Gasteiger partial charge on any atom is -0.488 e. The van der Waals surface area contributed by atoms with Crippen molar-refractivity contribution in [3.8, 4) is 17.0 Å². The largest absolute Gasteiger partial charge is 0.488 e. The van der Waals surface area contributed by atoms with Gasteiger partial charge in [-0.05, 0) is 30.2 Å². The third kappa shape index (κ3) is 3.09. The van der Waals surface area contributed by atoms with Crippen LogP contribution in [0.5, 0.6) is 5.75 Å². The van der Waals surface area contributed by atoms with Gasteiger partial charge in [0.25, 0.3) is 0 Å². The number of aromatic amines is 1. The summed E-state index contributed by atoms with van der Waals surface area (Å²) in [7, 11) is 0. The Morgan fingerprint density at radius 3 is 2.82 bits per heavy atom. The molecule has 0 unspecified atom stereocenters. The van der Waals surface area contributed by atoms with Crippen LogP contribution in [0.15, 0.2) is 67.6 Å². The average molecular weight is 290 g/mol. The molecule has 0 aliphatic heterocycles. The molecular formula is C19H18N2O. The van der Waals surface area contributed by atoms with Crippen LogP contribution in [-0.2, 0) is 0 Å². The lowest BCUT2D eigenvalue weighted by Crippen LogP contribution is -2.01. The Labute approximate surface area is 130 Å². The lowest BCUT2D eigenvalue weighted by Gasteiger charge is -2.12. The SMILES string of the molecule is C=C(COc1ccccc1-c1cnc[nH]1)c1cccc(C)c1. The lowest BCUT2D eigenvalue weighted by molar-refractivity contribution is 0.371. The van der Waals surface area contributed by atoms with Gasteiger partial charge < -0.3 is 9.72 Å². The fraction of sp³-hybridized carbons (Fsp3) is 0.105. The zero-order valence-corrected chi connectivity index (χ0v) is 12.5. The lowest BCUT2D eigenvalue weighted by atomic mass is 10.1. The molecule has 0 atom stereocenters. The van der Waals surface area contributed by atoms with Crippen LogP contribution in [0.4, 0.5) is 0 Å². The van der Waals surface area contributed by atoms with Gasteiger partial charge in [0.05, 0.1) is 18.2 Å². The highest BCUT2D eigenvalue weighted by Gasteiger charge is 2.08. The third-order valence-corrected chi connectivity index (χ3v) is 3.50. The minimum atomic E-state index is 0.453. The van der Waals surface area contributed by atoms with E-state index in [2.05, 4.69) is 41.7 Å². The number of ether oxygens (including phenoxy) is 1. The van der Waals surface area contributed by atoms with Crippen molar-refractivity contribution in [3.05, 3.63) is 78.8 Å². The molecule has 3 aromatic rings. The summed E-state index contributed by atoms with van der Waals surface area (Å²) in [5.41, 5.74) is 5.23. The van der Waals surface area contributed by atoms with Gasteiger partial charge in [-0.15, -0.1) is 0 Å². The number of imidazole rings is 1. The van der Waals surface area contributed by atoms with Gasteiger partial charge in [-0.25, -0.2) is 4.98 Å². The first-order valence-electron chi connectivity index (χ1n) is 7.19. The highest BCUT2D eigenvalue weighted by atomic mass is 16.5. The summed E-state index contributed by atoms with van der Waals surface area (Å²) < 4.78 is 5.97. The summed E-state index contributed by atoms with van der Waals surface area (Å²) in [6, 6.07) is 16.2. The molecule has 0 spiro atoms. The number of aromatic nitrogens is 2. The van der Waals surface area contributed by atoms with Gasteiger partial charge in [0.15, 0.2) is 0 Å². The molecule has 1 N–H and O–H groups in total. The van der Waals surface area contributed by atoms with Crippen molar-refractivity contribution in [2.75, 3.05) is 6.61 Å². The van der Waals surface area contributed by atoms with E-state index in [-0.39, 0.29) is 0 Å². The maximum Gasteiger partial charge on any atom is 0.129 e. The number of aryl methyl sites for hydroxylation is 1. The Morgan fingerprint density at radius 1 is 1.18 bits per heavy atom. The summed E-state index contributed by atoms with van der Waals surface area (Å²) in [6.45, 7) is 6.66. The predicted molar refractivity (Wildman–Crippen MR) is 89.7 cm³/mol. The van der Waals surface area contributed by atoms with Crippen molar-refractivity contribution < 1.29 is 4.74 Å². The minimum absolute atomic E-state index is 0.453. The molecule has 0 saturated heterocycles. The molecule has 0 fully saturated rings. The summed E-state index contributed by atoms with van der Waals surface area (Å²) in [5, 5.41) is 0. The van der Waals surface area contributed by atoms with Crippen LogP contribution in [0.3, 0.4) is 0 Å².